The fourth-order valence-electron chi connectivity index (χ4n) is 2.58. The van der Waals surface area contributed by atoms with Crippen molar-refractivity contribution >= 4 is 21.6 Å². The van der Waals surface area contributed by atoms with Crippen molar-refractivity contribution in [3.63, 3.8) is 0 Å². The number of rotatable bonds is 4. The average molecular weight is 314 g/mol. The first-order chi connectivity index (χ1) is 9.44. The highest BCUT2D eigenvalue weighted by Crippen LogP contribution is 2.31. The minimum atomic E-state index is -3.82. The summed E-state index contributed by atoms with van der Waals surface area (Å²) in [5.74, 6) is 0. The molecule has 5 nitrogen and oxygen atoms in total. The lowest BCUT2D eigenvalue weighted by atomic mass is 10.0. The zero-order valence-electron chi connectivity index (χ0n) is 10.9. The zero-order valence-corrected chi connectivity index (χ0v) is 12.5. The number of nitrogens with two attached hydrogens (primary N) is 1. The van der Waals surface area contributed by atoms with E-state index in [1.54, 1.807) is 0 Å². The van der Waals surface area contributed by atoms with Gasteiger partial charge in [-0.1, -0.05) is 30.5 Å². The topological polar surface area (TPSA) is 96.0 Å². The molecule has 1 saturated carbocycles. The van der Waals surface area contributed by atoms with Gasteiger partial charge in [-0.3, -0.25) is 0 Å². The molecule has 0 radical (unpaired) electrons. The minimum Gasteiger partial charge on any atom is -0.329 e. The van der Waals surface area contributed by atoms with Crippen LogP contribution in [0.2, 0.25) is 5.02 Å². The van der Waals surface area contributed by atoms with E-state index in [-0.39, 0.29) is 22.0 Å². The van der Waals surface area contributed by atoms with Crippen LogP contribution in [0.15, 0.2) is 23.1 Å². The number of sulfonamides is 1. The lowest BCUT2D eigenvalue weighted by Crippen LogP contribution is -2.51. The van der Waals surface area contributed by atoms with Gasteiger partial charge in [0.25, 0.3) is 0 Å². The van der Waals surface area contributed by atoms with Gasteiger partial charge in [-0.2, -0.15) is 5.26 Å². The summed E-state index contributed by atoms with van der Waals surface area (Å²) in [6.45, 7) is 0.245. The third-order valence-corrected chi connectivity index (χ3v) is 5.61. The number of nitrogens with one attached hydrogen (secondary N) is 1. The molecule has 3 N–H and O–H groups in total. The molecular formula is C13H16ClN3O2S. The first-order valence-electron chi connectivity index (χ1n) is 6.37. The molecule has 0 bridgehead atoms. The van der Waals surface area contributed by atoms with Crippen LogP contribution in [0.3, 0.4) is 0 Å². The van der Waals surface area contributed by atoms with Crippen LogP contribution in [0.5, 0.6) is 0 Å². The Balaban J connectivity index is 2.42. The molecule has 0 heterocycles. The summed E-state index contributed by atoms with van der Waals surface area (Å²) in [7, 11) is -3.82. The van der Waals surface area contributed by atoms with Crippen LogP contribution in [-0.2, 0) is 10.0 Å². The van der Waals surface area contributed by atoms with Gasteiger partial charge in [-0.05, 0) is 25.0 Å². The summed E-state index contributed by atoms with van der Waals surface area (Å²) in [5, 5.41) is 9.22. The number of benzene rings is 1. The van der Waals surface area contributed by atoms with E-state index < -0.39 is 15.6 Å². The number of halogens is 1. The van der Waals surface area contributed by atoms with Crippen molar-refractivity contribution in [2.45, 2.75) is 36.1 Å². The predicted molar refractivity (Wildman–Crippen MR) is 76.7 cm³/mol. The van der Waals surface area contributed by atoms with Gasteiger partial charge in [0.15, 0.2) is 0 Å². The van der Waals surface area contributed by atoms with E-state index in [4.69, 9.17) is 22.6 Å². The minimum absolute atomic E-state index is 0.0353. The van der Waals surface area contributed by atoms with Gasteiger partial charge < -0.3 is 5.73 Å². The summed E-state index contributed by atoms with van der Waals surface area (Å²) < 4.78 is 27.7. The molecule has 1 aliphatic carbocycles. The van der Waals surface area contributed by atoms with Crippen LogP contribution < -0.4 is 10.5 Å². The molecule has 0 aromatic heterocycles. The molecule has 2 rings (SSSR count). The molecule has 7 heteroatoms. The molecule has 0 atom stereocenters. The quantitative estimate of drug-likeness (QED) is 0.885. The Labute approximate surface area is 123 Å². The molecule has 1 aromatic carbocycles. The number of hydrogen-bond acceptors (Lipinski definition) is 4. The average Bonchev–Trinajstić information content (AvgIpc) is 2.87. The number of nitriles is 1. The maximum absolute atomic E-state index is 12.5. The Kier molecular flexibility index (Phi) is 4.35. The van der Waals surface area contributed by atoms with E-state index in [2.05, 4.69) is 4.72 Å². The standard InChI is InChI=1S/C13H16ClN3O2S/c14-11-4-3-5-12(10(11)8-15)20(18,19)17-13(9-16)6-1-2-7-13/h3-5,17H,1-2,6-7,9,16H2. The largest absolute Gasteiger partial charge is 0.329 e. The van der Waals surface area contributed by atoms with Crippen molar-refractivity contribution < 1.29 is 8.42 Å². The van der Waals surface area contributed by atoms with Crippen LogP contribution in [0.4, 0.5) is 0 Å². The van der Waals surface area contributed by atoms with Crippen molar-refractivity contribution in [2.75, 3.05) is 6.54 Å². The van der Waals surface area contributed by atoms with Crippen LogP contribution in [0.1, 0.15) is 31.2 Å². The molecular weight excluding hydrogens is 298 g/mol. The third kappa shape index (κ3) is 2.81. The first-order valence-corrected chi connectivity index (χ1v) is 8.23. The molecule has 1 aliphatic rings. The van der Waals surface area contributed by atoms with Crippen LogP contribution in [-0.4, -0.2) is 20.5 Å². The highest BCUT2D eigenvalue weighted by atomic mass is 35.5. The summed E-state index contributed by atoms with van der Waals surface area (Å²) in [6.07, 6.45) is 3.32. The van der Waals surface area contributed by atoms with Crippen LogP contribution in [0, 0.1) is 11.3 Å². The van der Waals surface area contributed by atoms with Crippen LogP contribution >= 0.6 is 11.6 Å². The third-order valence-electron chi connectivity index (χ3n) is 3.68. The van der Waals surface area contributed by atoms with Crippen molar-refractivity contribution in [3.8, 4) is 6.07 Å². The summed E-state index contributed by atoms with van der Waals surface area (Å²) in [5.41, 5.74) is 5.10. The Hall–Kier alpha value is -1.13. The smallest absolute Gasteiger partial charge is 0.242 e. The highest BCUT2D eigenvalue weighted by Gasteiger charge is 2.37. The summed E-state index contributed by atoms with van der Waals surface area (Å²) in [4.78, 5) is -0.0905. The molecule has 0 spiro atoms. The zero-order chi connectivity index (χ0) is 14.8. The maximum atomic E-state index is 12.5. The normalized spacial score (nSPS) is 17.9. The second kappa shape index (κ2) is 5.70. The van der Waals surface area contributed by atoms with Crippen LogP contribution in [0.25, 0.3) is 0 Å². The molecule has 108 valence electrons. The Morgan fingerprint density at radius 2 is 2.05 bits per heavy atom. The molecule has 1 aromatic rings. The predicted octanol–water partition coefficient (Wildman–Crippen LogP) is 1.76. The lowest BCUT2D eigenvalue weighted by Gasteiger charge is -2.28. The van der Waals surface area contributed by atoms with Gasteiger partial charge in [0.05, 0.1) is 10.6 Å². The van der Waals surface area contributed by atoms with Gasteiger partial charge >= 0.3 is 0 Å². The van der Waals surface area contributed by atoms with Gasteiger partial charge in [-0.25, -0.2) is 13.1 Å². The van der Waals surface area contributed by atoms with E-state index >= 15 is 0 Å². The highest BCUT2D eigenvalue weighted by molar-refractivity contribution is 7.89. The second-order valence-corrected chi connectivity index (χ2v) is 7.08. The first kappa shape index (κ1) is 15.3. The van der Waals surface area contributed by atoms with Gasteiger partial charge in [0, 0.05) is 12.1 Å². The fourth-order valence-corrected chi connectivity index (χ4v) is 4.50. The Morgan fingerprint density at radius 3 is 2.60 bits per heavy atom. The second-order valence-electron chi connectivity index (χ2n) is 5.02. The Morgan fingerprint density at radius 1 is 1.40 bits per heavy atom. The van der Waals surface area contributed by atoms with Crippen molar-refractivity contribution in [1.29, 1.82) is 5.26 Å². The maximum Gasteiger partial charge on any atom is 0.242 e. The Bertz CT molecular complexity index is 646. The van der Waals surface area contributed by atoms with E-state index in [1.165, 1.54) is 18.2 Å². The van der Waals surface area contributed by atoms with Gasteiger partial charge in [-0.15, -0.1) is 0 Å². The lowest BCUT2D eigenvalue weighted by molar-refractivity contribution is 0.399. The van der Waals surface area contributed by atoms with Gasteiger partial charge in [0.1, 0.15) is 11.0 Å². The van der Waals surface area contributed by atoms with Crippen molar-refractivity contribution in [2.24, 2.45) is 5.73 Å². The summed E-state index contributed by atoms with van der Waals surface area (Å²) in [6, 6.07) is 6.23. The summed E-state index contributed by atoms with van der Waals surface area (Å²) >= 11 is 5.88. The molecule has 1 fully saturated rings. The molecule has 0 saturated heterocycles. The molecule has 0 unspecified atom stereocenters. The number of hydrogen-bond donors (Lipinski definition) is 2. The van der Waals surface area contributed by atoms with Crippen molar-refractivity contribution in [3.05, 3.63) is 28.8 Å². The van der Waals surface area contributed by atoms with E-state index in [9.17, 15) is 8.42 Å². The molecule has 20 heavy (non-hydrogen) atoms. The molecule has 0 aliphatic heterocycles. The monoisotopic (exact) mass is 313 g/mol. The van der Waals surface area contributed by atoms with Gasteiger partial charge in [0.2, 0.25) is 10.0 Å². The fraction of sp³-hybridized carbons (Fsp3) is 0.462. The SMILES string of the molecule is N#Cc1c(Cl)cccc1S(=O)(=O)NC1(CN)CCCC1. The van der Waals surface area contributed by atoms with Crippen molar-refractivity contribution in [1.82, 2.24) is 4.72 Å². The molecule has 0 amide bonds. The van der Waals surface area contributed by atoms with E-state index in [1.807, 2.05) is 6.07 Å². The van der Waals surface area contributed by atoms with E-state index in [0.29, 0.717) is 12.8 Å². The number of nitrogens with zero attached hydrogens (tertiary/aromatic N) is 1. The van der Waals surface area contributed by atoms with E-state index in [0.717, 1.165) is 12.8 Å².